The summed E-state index contributed by atoms with van der Waals surface area (Å²) in [5, 5.41) is 12.2. The zero-order chi connectivity index (χ0) is 26.3. The molecular weight excluding hydrogens is 446 g/mol. The summed E-state index contributed by atoms with van der Waals surface area (Å²) in [5.74, 6) is -1.14. The number of benzene rings is 2. The number of carbonyl (C=O) groups is 2. The number of carbonyl (C=O) groups excluding carboxylic acids is 1. The molecule has 0 fully saturated rings. The van der Waals surface area contributed by atoms with Gasteiger partial charge in [-0.05, 0) is 77.5 Å². The Morgan fingerprint density at radius 3 is 2.06 bits per heavy atom. The molecule has 0 atom stereocenters. The minimum absolute atomic E-state index is 0.0639. The van der Waals surface area contributed by atoms with Crippen LogP contribution in [0.3, 0.4) is 0 Å². The van der Waals surface area contributed by atoms with Crippen molar-refractivity contribution in [3.8, 4) is 0 Å². The summed E-state index contributed by atoms with van der Waals surface area (Å²) in [5.41, 5.74) is 5.33. The number of hydrogen-bond donors (Lipinski definition) is 2. The minimum Gasteiger partial charge on any atom is -0.478 e. The van der Waals surface area contributed by atoms with Crippen molar-refractivity contribution in [3.05, 3.63) is 70.8 Å². The molecule has 194 valence electrons. The largest absolute Gasteiger partial charge is 0.478 e. The Hall–Kier alpha value is -2.88. The van der Waals surface area contributed by atoms with Crippen LogP contribution in [-0.2, 0) is 15.6 Å². The molecule has 0 saturated heterocycles. The second-order valence-electron chi connectivity index (χ2n) is 11.5. The molecule has 1 aliphatic carbocycles. The number of aromatic carboxylic acids is 1. The average molecular weight is 490 g/mol. The maximum atomic E-state index is 13.5. The van der Waals surface area contributed by atoms with Crippen LogP contribution in [0.25, 0.3) is 5.57 Å². The first-order valence-electron chi connectivity index (χ1n) is 13.6. The number of carboxylic acids is 1. The zero-order valence-corrected chi connectivity index (χ0v) is 22.7. The van der Waals surface area contributed by atoms with E-state index in [4.69, 9.17) is 5.11 Å². The lowest BCUT2D eigenvalue weighted by Crippen LogP contribution is -2.34. The number of hydrogen-bond acceptors (Lipinski definition) is 2. The van der Waals surface area contributed by atoms with Crippen molar-refractivity contribution in [1.82, 2.24) is 0 Å². The quantitative estimate of drug-likeness (QED) is 0.245. The van der Waals surface area contributed by atoms with Crippen molar-refractivity contribution in [2.45, 2.75) is 103 Å². The standard InChI is InChI=1S/C32H43NO3/c1-6-7-8-9-10-11-12-13-26(29(34)33-25-17-14-23(15-18-25)30(35)36)24-16-19-27-28(22-24)32(4,5)21-20-31(27,2)3/h13-19,22H,6-12,20-21H2,1-5H3,(H,33,34)(H,35,36)/b26-13-. The maximum absolute atomic E-state index is 13.5. The van der Waals surface area contributed by atoms with Crippen molar-refractivity contribution in [1.29, 1.82) is 0 Å². The Morgan fingerprint density at radius 2 is 1.42 bits per heavy atom. The van der Waals surface area contributed by atoms with Gasteiger partial charge in [0.25, 0.3) is 5.91 Å². The van der Waals surface area contributed by atoms with Gasteiger partial charge < -0.3 is 10.4 Å². The van der Waals surface area contributed by atoms with Crippen molar-refractivity contribution in [2.75, 3.05) is 5.32 Å². The van der Waals surface area contributed by atoms with Crippen LogP contribution in [0, 0.1) is 0 Å². The fraction of sp³-hybridized carbons (Fsp3) is 0.500. The molecule has 0 aromatic heterocycles. The van der Waals surface area contributed by atoms with Gasteiger partial charge in [0.15, 0.2) is 0 Å². The van der Waals surface area contributed by atoms with Crippen LogP contribution in [0.2, 0.25) is 0 Å². The molecule has 0 heterocycles. The normalized spacial score (nSPS) is 16.3. The van der Waals surface area contributed by atoms with Crippen LogP contribution < -0.4 is 5.32 Å². The molecule has 0 spiro atoms. The first-order chi connectivity index (χ1) is 17.0. The molecular formula is C32H43NO3. The van der Waals surface area contributed by atoms with Gasteiger partial charge in [-0.3, -0.25) is 4.79 Å². The van der Waals surface area contributed by atoms with E-state index in [0.29, 0.717) is 11.3 Å². The summed E-state index contributed by atoms with van der Waals surface area (Å²) < 4.78 is 0. The van der Waals surface area contributed by atoms with Crippen LogP contribution in [-0.4, -0.2) is 17.0 Å². The summed E-state index contributed by atoms with van der Waals surface area (Å²) in [6, 6.07) is 12.9. The van der Waals surface area contributed by atoms with Gasteiger partial charge in [0.1, 0.15) is 0 Å². The summed E-state index contributed by atoms with van der Waals surface area (Å²) in [6.07, 6.45) is 12.5. The predicted octanol–water partition coefficient (Wildman–Crippen LogP) is 8.51. The molecule has 36 heavy (non-hydrogen) atoms. The van der Waals surface area contributed by atoms with Crippen LogP contribution in [0.4, 0.5) is 5.69 Å². The number of unbranched alkanes of at least 4 members (excludes halogenated alkanes) is 6. The number of fused-ring (bicyclic) bond motifs is 1. The third kappa shape index (κ3) is 6.87. The van der Waals surface area contributed by atoms with E-state index >= 15 is 0 Å². The number of anilines is 1. The molecule has 2 aromatic rings. The molecule has 4 nitrogen and oxygen atoms in total. The molecule has 0 saturated carbocycles. The molecule has 4 heteroatoms. The van der Waals surface area contributed by atoms with Gasteiger partial charge in [-0.2, -0.15) is 0 Å². The van der Waals surface area contributed by atoms with E-state index in [1.165, 1.54) is 55.4 Å². The number of allylic oxidation sites excluding steroid dienone is 1. The van der Waals surface area contributed by atoms with E-state index in [0.717, 1.165) is 31.2 Å². The summed E-state index contributed by atoms with van der Waals surface area (Å²) in [4.78, 5) is 24.7. The lowest BCUT2D eigenvalue weighted by Gasteiger charge is -2.42. The number of amides is 1. The minimum atomic E-state index is -0.980. The number of carboxylic acid groups (broad SMARTS) is 1. The fourth-order valence-electron chi connectivity index (χ4n) is 5.16. The molecule has 1 aliphatic rings. The lowest BCUT2D eigenvalue weighted by molar-refractivity contribution is -0.111. The molecule has 2 N–H and O–H groups in total. The Bertz CT molecular complexity index is 1090. The first-order valence-corrected chi connectivity index (χ1v) is 13.6. The summed E-state index contributed by atoms with van der Waals surface area (Å²) in [7, 11) is 0. The highest BCUT2D eigenvalue weighted by Gasteiger charge is 2.37. The zero-order valence-electron chi connectivity index (χ0n) is 22.7. The summed E-state index contributed by atoms with van der Waals surface area (Å²) in [6.45, 7) is 11.4. The number of nitrogens with one attached hydrogen (secondary N) is 1. The molecule has 0 aliphatic heterocycles. The molecule has 1 amide bonds. The smallest absolute Gasteiger partial charge is 0.335 e. The fourth-order valence-corrected chi connectivity index (χ4v) is 5.16. The predicted molar refractivity (Wildman–Crippen MR) is 150 cm³/mol. The third-order valence-corrected chi connectivity index (χ3v) is 7.70. The topological polar surface area (TPSA) is 66.4 Å². The van der Waals surface area contributed by atoms with E-state index in [2.05, 4.69) is 64.2 Å². The second kappa shape index (κ2) is 11.9. The van der Waals surface area contributed by atoms with Gasteiger partial charge in [-0.15, -0.1) is 0 Å². The van der Waals surface area contributed by atoms with Crippen LogP contribution in [0.1, 0.15) is 119 Å². The molecule has 0 bridgehead atoms. The van der Waals surface area contributed by atoms with Crippen LogP contribution in [0.15, 0.2) is 48.5 Å². The Kier molecular flexibility index (Phi) is 9.16. The number of rotatable bonds is 11. The van der Waals surface area contributed by atoms with E-state index in [1.807, 2.05) is 0 Å². The van der Waals surface area contributed by atoms with Gasteiger partial charge in [0, 0.05) is 11.3 Å². The van der Waals surface area contributed by atoms with Gasteiger partial charge in [0.05, 0.1) is 5.56 Å². The van der Waals surface area contributed by atoms with E-state index in [1.54, 1.807) is 12.1 Å². The van der Waals surface area contributed by atoms with Gasteiger partial charge >= 0.3 is 5.97 Å². The van der Waals surface area contributed by atoms with Crippen molar-refractivity contribution < 1.29 is 14.7 Å². The second-order valence-corrected chi connectivity index (χ2v) is 11.5. The van der Waals surface area contributed by atoms with E-state index < -0.39 is 5.97 Å². The van der Waals surface area contributed by atoms with E-state index in [9.17, 15) is 9.59 Å². The Morgan fingerprint density at radius 1 is 0.833 bits per heavy atom. The Labute approximate surface area is 217 Å². The maximum Gasteiger partial charge on any atom is 0.335 e. The average Bonchev–Trinajstić information content (AvgIpc) is 2.84. The van der Waals surface area contributed by atoms with Gasteiger partial charge in [0.2, 0.25) is 0 Å². The SMILES string of the molecule is CCCCCCCC/C=C(\C(=O)Nc1ccc(C(=O)O)cc1)c1ccc2c(c1)C(C)(C)CCC2(C)C. The lowest BCUT2D eigenvalue weighted by atomic mass is 9.63. The molecule has 0 unspecified atom stereocenters. The monoisotopic (exact) mass is 489 g/mol. The van der Waals surface area contributed by atoms with Gasteiger partial charge in [-0.1, -0.05) is 91.0 Å². The highest BCUT2D eigenvalue weighted by atomic mass is 16.4. The highest BCUT2D eigenvalue weighted by Crippen LogP contribution is 2.46. The summed E-state index contributed by atoms with van der Waals surface area (Å²) >= 11 is 0. The highest BCUT2D eigenvalue weighted by molar-refractivity contribution is 6.25. The molecule has 0 radical (unpaired) electrons. The van der Waals surface area contributed by atoms with Crippen LogP contribution >= 0.6 is 0 Å². The van der Waals surface area contributed by atoms with Crippen molar-refractivity contribution >= 4 is 23.1 Å². The Balaban J connectivity index is 1.88. The van der Waals surface area contributed by atoms with Crippen molar-refractivity contribution in [2.24, 2.45) is 0 Å². The van der Waals surface area contributed by atoms with E-state index in [-0.39, 0.29) is 22.3 Å². The first kappa shape index (κ1) is 27.7. The van der Waals surface area contributed by atoms with Crippen molar-refractivity contribution in [3.63, 3.8) is 0 Å². The van der Waals surface area contributed by atoms with Gasteiger partial charge in [-0.25, -0.2) is 4.79 Å². The molecule has 2 aromatic carbocycles. The molecule has 3 rings (SSSR count). The third-order valence-electron chi connectivity index (χ3n) is 7.70. The van der Waals surface area contributed by atoms with Crippen LogP contribution in [0.5, 0.6) is 0 Å².